The van der Waals surface area contributed by atoms with Crippen LogP contribution in [0, 0.1) is 0 Å². The zero-order valence-electron chi connectivity index (χ0n) is 10.3. The van der Waals surface area contributed by atoms with E-state index in [4.69, 9.17) is 4.74 Å². The first-order valence-electron chi connectivity index (χ1n) is 5.82. The summed E-state index contributed by atoms with van der Waals surface area (Å²) in [5.41, 5.74) is 0.700. The first-order chi connectivity index (χ1) is 8.20. The predicted octanol–water partition coefficient (Wildman–Crippen LogP) is 2.95. The zero-order chi connectivity index (χ0) is 12.7. The average Bonchev–Trinajstić information content (AvgIpc) is 2.35. The number of benzene rings is 1. The summed E-state index contributed by atoms with van der Waals surface area (Å²) in [7, 11) is 0. The van der Waals surface area contributed by atoms with Gasteiger partial charge in [-0.3, -0.25) is 4.79 Å². The molecule has 17 heavy (non-hydrogen) atoms. The summed E-state index contributed by atoms with van der Waals surface area (Å²) >= 11 is 3.40. The van der Waals surface area contributed by atoms with Gasteiger partial charge in [-0.05, 0) is 41.9 Å². The first kappa shape index (κ1) is 14.2. The Bertz CT molecular complexity index is 368. The molecule has 0 aromatic heterocycles. The van der Waals surface area contributed by atoms with Crippen molar-refractivity contribution >= 4 is 21.8 Å². The lowest BCUT2D eigenvalue weighted by atomic mass is 10.2. The number of likely N-dealkylation sites (N-methyl/N-ethyl adjacent to an activating group) is 1. The molecule has 0 heterocycles. The van der Waals surface area contributed by atoms with Gasteiger partial charge in [0.2, 0.25) is 0 Å². The van der Waals surface area contributed by atoms with Crippen molar-refractivity contribution in [3.05, 3.63) is 34.3 Å². The number of hydrogen-bond acceptors (Lipinski definition) is 2. The molecule has 0 radical (unpaired) electrons. The molecule has 4 heteroatoms. The highest BCUT2D eigenvalue weighted by atomic mass is 79.9. The molecule has 1 amide bonds. The van der Waals surface area contributed by atoms with Crippen molar-refractivity contribution < 1.29 is 9.53 Å². The molecule has 1 aromatic rings. The van der Waals surface area contributed by atoms with Gasteiger partial charge in [0.1, 0.15) is 0 Å². The number of ether oxygens (including phenoxy) is 1. The fourth-order valence-electron chi connectivity index (χ4n) is 1.53. The van der Waals surface area contributed by atoms with E-state index in [0.717, 1.165) is 4.47 Å². The van der Waals surface area contributed by atoms with Gasteiger partial charge >= 0.3 is 0 Å². The van der Waals surface area contributed by atoms with Crippen LogP contribution in [0.15, 0.2) is 28.7 Å². The van der Waals surface area contributed by atoms with Crippen LogP contribution in [0.1, 0.15) is 24.2 Å². The smallest absolute Gasteiger partial charge is 0.255 e. The van der Waals surface area contributed by atoms with Crippen molar-refractivity contribution in [2.24, 2.45) is 0 Å². The maximum Gasteiger partial charge on any atom is 0.255 e. The van der Waals surface area contributed by atoms with Crippen molar-refractivity contribution in [3.63, 3.8) is 0 Å². The van der Waals surface area contributed by atoms with Crippen molar-refractivity contribution in [1.29, 1.82) is 0 Å². The van der Waals surface area contributed by atoms with Gasteiger partial charge in [0, 0.05) is 24.2 Å². The number of halogens is 1. The summed E-state index contributed by atoms with van der Waals surface area (Å²) in [6.07, 6.45) is 0. The van der Waals surface area contributed by atoms with Crippen LogP contribution in [-0.2, 0) is 4.74 Å². The Morgan fingerprint density at radius 1 is 1.35 bits per heavy atom. The van der Waals surface area contributed by atoms with E-state index >= 15 is 0 Å². The van der Waals surface area contributed by atoms with Crippen LogP contribution >= 0.6 is 15.9 Å². The lowest BCUT2D eigenvalue weighted by Gasteiger charge is -2.21. The molecule has 0 fully saturated rings. The Hall–Kier alpha value is -0.870. The van der Waals surface area contributed by atoms with E-state index in [-0.39, 0.29) is 5.91 Å². The summed E-state index contributed by atoms with van der Waals surface area (Å²) in [5.74, 6) is 0.0414. The summed E-state index contributed by atoms with van der Waals surface area (Å²) in [6.45, 7) is 6.51. The molecule has 0 bridgehead atoms. The molecule has 0 aliphatic rings. The third-order valence-corrected chi connectivity index (χ3v) is 3.17. The van der Waals surface area contributed by atoms with Crippen LogP contribution in [0.5, 0.6) is 0 Å². The first-order valence-corrected chi connectivity index (χ1v) is 6.61. The van der Waals surface area contributed by atoms with E-state index < -0.39 is 0 Å². The van der Waals surface area contributed by atoms with Crippen molar-refractivity contribution in [3.8, 4) is 0 Å². The van der Waals surface area contributed by atoms with Gasteiger partial charge in [-0.15, -0.1) is 0 Å². The Kier molecular flexibility index (Phi) is 6.22. The summed E-state index contributed by atoms with van der Waals surface area (Å²) < 4.78 is 6.11. The van der Waals surface area contributed by atoms with Crippen molar-refractivity contribution in [1.82, 2.24) is 4.90 Å². The van der Waals surface area contributed by atoms with Crippen LogP contribution < -0.4 is 0 Å². The second-order valence-electron chi connectivity index (χ2n) is 3.56. The number of carbonyl (C=O) groups is 1. The highest BCUT2D eigenvalue weighted by molar-refractivity contribution is 9.10. The van der Waals surface area contributed by atoms with Crippen LogP contribution in [0.25, 0.3) is 0 Å². The van der Waals surface area contributed by atoms with Crippen LogP contribution in [0.4, 0.5) is 0 Å². The highest BCUT2D eigenvalue weighted by Crippen LogP contribution is 2.17. The number of hydrogen-bond donors (Lipinski definition) is 0. The monoisotopic (exact) mass is 299 g/mol. The molecular weight excluding hydrogens is 282 g/mol. The summed E-state index contributed by atoms with van der Waals surface area (Å²) in [5, 5.41) is 0. The maximum absolute atomic E-state index is 12.2. The summed E-state index contributed by atoms with van der Waals surface area (Å²) in [4.78, 5) is 14.0. The predicted molar refractivity (Wildman–Crippen MR) is 72.2 cm³/mol. The Labute approximate surface area is 111 Å². The van der Waals surface area contributed by atoms with Crippen LogP contribution in [0.2, 0.25) is 0 Å². The fraction of sp³-hybridized carbons (Fsp3) is 0.462. The molecule has 1 aromatic carbocycles. The minimum Gasteiger partial charge on any atom is -0.380 e. The second-order valence-corrected chi connectivity index (χ2v) is 4.42. The zero-order valence-corrected chi connectivity index (χ0v) is 11.9. The van der Waals surface area contributed by atoms with Crippen molar-refractivity contribution in [2.75, 3.05) is 26.3 Å². The number of amides is 1. The van der Waals surface area contributed by atoms with E-state index in [2.05, 4.69) is 15.9 Å². The molecule has 0 atom stereocenters. The quantitative estimate of drug-likeness (QED) is 0.756. The number of rotatable bonds is 6. The van der Waals surface area contributed by atoms with E-state index in [0.29, 0.717) is 31.9 Å². The number of nitrogens with zero attached hydrogens (tertiary/aromatic N) is 1. The minimum atomic E-state index is 0.0414. The van der Waals surface area contributed by atoms with Gasteiger partial charge in [0.05, 0.1) is 12.2 Å². The summed E-state index contributed by atoms with van der Waals surface area (Å²) in [6, 6.07) is 7.48. The molecule has 0 spiro atoms. The standard InChI is InChI=1S/C13H18BrNO2/c1-3-15(9-10-17-4-2)13(16)11-7-5-6-8-12(11)14/h5-8H,3-4,9-10H2,1-2H3. The second kappa shape index (κ2) is 7.45. The van der Waals surface area contributed by atoms with Gasteiger partial charge in [0.15, 0.2) is 0 Å². The fourth-order valence-corrected chi connectivity index (χ4v) is 1.98. The van der Waals surface area contributed by atoms with Crippen molar-refractivity contribution in [2.45, 2.75) is 13.8 Å². The van der Waals surface area contributed by atoms with Gasteiger partial charge in [-0.1, -0.05) is 12.1 Å². The minimum absolute atomic E-state index is 0.0414. The van der Waals surface area contributed by atoms with E-state index in [1.807, 2.05) is 38.1 Å². The average molecular weight is 300 g/mol. The third kappa shape index (κ3) is 4.13. The molecule has 0 saturated carbocycles. The van der Waals surface area contributed by atoms with Gasteiger partial charge in [-0.25, -0.2) is 0 Å². The molecular formula is C13H18BrNO2. The van der Waals surface area contributed by atoms with E-state index in [1.54, 1.807) is 4.90 Å². The van der Waals surface area contributed by atoms with Gasteiger partial charge in [0.25, 0.3) is 5.91 Å². The Morgan fingerprint density at radius 2 is 2.06 bits per heavy atom. The molecule has 0 aliphatic heterocycles. The largest absolute Gasteiger partial charge is 0.380 e. The van der Waals surface area contributed by atoms with Crippen LogP contribution in [-0.4, -0.2) is 37.1 Å². The normalized spacial score (nSPS) is 10.3. The molecule has 0 saturated heterocycles. The Morgan fingerprint density at radius 3 is 2.65 bits per heavy atom. The highest BCUT2D eigenvalue weighted by Gasteiger charge is 2.15. The van der Waals surface area contributed by atoms with Gasteiger partial charge in [-0.2, -0.15) is 0 Å². The van der Waals surface area contributed by atoms with E-state index in [1.165, 1.54) is 0 Å². The van der Waals surface area contributed by atoms with Gasteiger partial charge < -0.3 is 9.64 Å². The lowest BCUT2D eigenvalue weighted by Crippen LogP contribution is -2.34. The topological polar surface area (TPSA) is 29.5 Å². The number of carbonyl (C=O) groups excluding carboxylic acids is 1. The van der Waals surface area contributed by atoms with Crippen LogP contribution in [0.3, 0.4) is 0 Å². The Balaban J connectivity index is 2.69. The van der Waals surface area contributed by atoms with E-state index in [9.17, 15) is 4.79 Å². The lowest BCUT2D eigenvalue weighted by molar-refractivity contribution is 0.0668. The molecule has 0 unspecified atom stereocenters. The molecule has 1 rings (SSSR count). The third-order valence-electron chi connectivity index (χ3n) is 2.48. The molecule has 0 N–H and O–H groups in total. The molecule has 94 valence electrons. The SMILES string of the molecule is CCOCCN(CC)C(=O)c1ccccc1Br. The maximum atomic E-state index is 12.2. The molecule has 3 nitrogen and oxygen atoms in total. The molecule has 0 aliphatic carbocycles.